The lowest BCUT2D eigenvalue weighted by atomic mass is 10.1. The molecule has 0 bridgehead atoms. The Morgan fingerprint density at radius 3 is 2.62 bits per heavy atom. The van der Waals surface area contributed by atoms with Gasteiger partial charge in [0.15, 0.2) is 5.78 Å². The van der Waals surface area contributed by atoms with E-state index in [1.165, 1.54) is 0 Å². The number of benzene rings is 1. The Morgan fingerprint density at radius 1 is 1.38 bits per heavy atom. The summed E-state index contributed by atoms with van der Waals surface area (Å²) in [5, 5.41) is 0. The summed E-state index contributed by atoms with van der Waals surface area (Å²) in [4.78, 5) is 14.8. The molecule has 1 rings (SSSR count). The molecule has 0 spiro atoms. The van der Waals surface area contributed by atoms with Crippen LogP contribution in [0.2, 0.25) is 0 Å². The number of nitrogens with zero attached hydrogens (tertiary/aromatic N) is 1. The molecule has 1 atom stereocenters. The van der Waals surface area contributed by atoms with Gasteiger partial charge in [0.05, 0.1) is 18.1 Å². The van der Waals surface area contributed by atoms with Crippen LogP contribution in [0, 0.1) is 0 Å². The highest BCUT2D eigenvalue weighted by Crippen LogP contribution is 2.25. The molecule has 0 heterocycles. The number of rotatable bonds is 9. The predicted molar refractivity (Wildman–Crippen MR) is 91.3 cm³/mol. The van der Waals surface area contributed by atoms with Crippen LogP contribution in [0.25, 0.3) is 0 Å². The largest absolute Gasteiger partial charge is 0.496 e. The lowest BCUT2D eigenvalue weighted by Gasteiger charge is -2.27. The van der Waals surface area contributed by atoms with E-state index in [0.717, 1.165) is 41.6 Å². The number of hydrogen-bond acceptors (Lipinski definition) is 3. The zero-order chi connectivity index (χ0) is 15.8. The van der Waals surface area contributed by atoms with E-state index in [4.69, 9.17) is 4.74 Å². The average molecular weight is 356 g/mol. The van der Waals surface area contributed by atoms with Gasteiger partial charge in [0.1, 0.15) is 5.75 Å². The Morgan fingerprint density at radius 2 is 2.10 bits per heavy atom. The van der Waals surface area contributed by atoms with E-state index < -0.39 is 0 Å². The number of Topliss-reactive ketones (excluding diaryl/α,β-unsaturated/α-hetero) is 1. The van der Waals surface area contributed by atoms with Crippen molar-refractivity contribution in [2.24, 2.45) is 0 Å². The molecule has 21 heavy (non-hydrogen) atoms. The van der Waals surface area contributed by atoms with Gasteiger partial charge in [-0.2, -0.15) is 0 Å². The van der Waals surface area contributed by atoms with E-state index in [0.29, 0.717) is 12.6 Å². The van der Waals surface area contributed by atoms with E-state index >= 15 is 0 Å². The molecule has 4 heteroatoms. The Balaban J connectivity index is 2.78. The third kappa shape index (κ3) is 5.44. The number of unbranched alkanes of at least 4 members (excludes halogenated alkanes) is 1. The number of ketones is 1. The summed E-state index contributed by atoms with van der Waals surface area (Å²) in [6.45, 7) is 7.99. The molecule has 1 aromatic carbocycles. The molecule has 1 unspecified atom stereocenters. The lowest BCUT2D eigenvalue weighted by molar-refractivity contribution is 0.0894. The zero-order valence-electron chi connectivity index (χ0n) is 13.5. The fourth-order valence-corrected chi connectivity index (χ4v) is 2.73. The molecule has 0 aliphatic rings. The summed E-state index contributed by atoms with van der Waals surface area (Å²) in [5.74, 6) is 0.908. The Labute approximate surface area is 136 Å². The molecule has 0 aliphatic heterocycles. The maximum absolute atomic E-state index is 12.5. The molecule has 1 aromatic rings. The van der Waals surface area contributed by atoms with Crippen LogP contribution >= 0.6 is 15.9 Å². The van der Waals surface area contributed by atoms with Gasteiger partial charge in [-0.3, -0.25) is 9.69 Å². The molecule has 0 fully saturated rings. The van der Waals surface area contributed by atoms with Crippen molar-refractivity contribution in [3.63, 3.8) is 0 Å². The van der Waals surface area contributed by atoms with Crippen molar-refractivity contribution in [2.45, 2.75) is 46.1 Å². The van der Waals surface area contributed by atoms with Crippen molar-refractivity contribution >= 4 is 21.7 Å². The molecule has 0 amide bonds. The van der Waals surface area contributed by atoms with Gasteiger partial charge < -0.3 is 4.74 Å². The van der Waals surface area contributed by atoms with Crippen molar-refractivity contribution < 1.29 is 9.53 Å². The molecule has 0 aliphatic carbocycles. The Bertz CT molecular complexity index is 462. The molecule has 0 aromatic heterocycles. The topological polar surface area (TPSA) is 29.5 Å². The van der Waals surface area contributed by atoms with Crippen LogP contribution in [0.3, 0.4) is 0 Å². The third-order valence-electron chi connectivity index (χ3n) is 3.83. The first-order valence-electron chi connectivity index (χ1n) is 7.64. The first-order valence-corrected chi connectivity index (χ1v) is 8.43. The van der Waals surface area contributed by atoms with Crippen LogP contribution in [0.15, 0.2) is 22.7 Å². The monoisotopic (exact) mass is 355 g/mol. The fraction of sp³-hybridized carbons (Fsp3) is 0.588. The first-order chi connectivity index (χ1) is 10.0. The number of methoxy groups -OCH3 is 1. The van der Waals surface area contributed by atoms with Crippen molar-refractivity contribution in [2.75, 3.05) is 20.2 Å². The quantitative estimate of drug-likeness (QED) is 0.609. The average Bonchev–Trinajstić information content (AvgIpc) is 2.50. The summed E-state index contributed by atoms with van der Waals surface area (Å²) in [5.41, 5.74) is 0.729. The van der Waals surface area contributed by atoms with Gasteiger partial charge in [0.25, 0.3) is 0 Å². The highest BCUT2D eigenvalue weighted by atomic mass is 79.9. The highest BCUT2D eigenvalue weighted by molar-refractivity contribution is 9.10. The maximum Gasteiger partial charge on any atom is 0.176 e. The van der Waals surface area contributed by atoms with Crippen molar-refractivity contribution in [1.82, 2.24) is 4.90 Å². The second kappa shape index (κ2) is 9.21. The smallest absolute Gasteiger partial charge is 0.176 e. The third-order valence-corrected chi connectivity index (χ3v) is 4.45. The molecule has 3 nitrogen and oxygen atoms in total. The molecule has 0 N–H and O–H groups in total. The van der Waals surface area contributed by atoms with Gasteiger partial charge in [0, 0.05) is 11.6 Å². The predicted octanol–water partition coefficient (Wildman–Crippen LogP) is 4.54. The molecule has 0 saturated heterocycles. The van der Waals surface area contributed by atoms with Crippen LogP contribution in [0.5, 0.6) is 5.75 Å². The maximum atomic E-state index is 12.5. The number of ether oxygens (including phenoxy) is 1. The minimum Gasteiger partial charge on any atom is -0.496 e. The van der Waals surface area contributed by atoms with E-state index in [9.17, 15) is 4.79 Å². The van der Waals surface area contributed by atoms with Crippen LogP contribution < -0.4 is 4.74 Å². The van der Waals surface area contributed by atoms with Crippen LogP contribution in [0.1, 0.15) is 50.4 Å². The molecule has 118 valence electrons. The number of carbonyl (C=O) groups is 1. The van der Waals surface area contributed by atoms with Crippen LogP contribution in [-0.2, 0) is 0 Å². The Hall–Kier alpha value is -0.870. The normalized spacial score (nSPS) is 12.5. The van der Waals surface area contributed by atoms with E-state index in [-0.39, 0.29) is 5.78 Å². The fourth-order valence-electron chi connectivity index (χ4n) is 2.19. The SMILES string of the molecule is CCCCN(CC(=O)c1ccc(OC)c(Br)c1)C(C)CC. The summed E-state index contributed by atoms with van der Waals surface area (Å²) in [6, 6.07) is 5.94. The van der Waals surface area contributed by atoms with Crippen molar-refractivity contribution in [3.8, 4) is 5.75 Å². The second-order valence-electron chi connectivity index (χ2n) is 5.35. The summed E-state index contributed by atoms with van der Waals surface area (Å²) < 4.78 is 6.02. The minimum absolute atomic E-state index is 0.162. The summed E-state index contributed by atoms with van der Waals surface area (Å²) in [6.07, 6.45) is 3.34. The Kier molecular flexibility index (Phi) is 7.97. The van der Waals surface area contributed by atoms with Gasteiger partial charge in [-0.15, -0.1) is 0 Å². The van der Waals surface area contributed by atoms with Crippen LogP contribution in [-0.4, -0.2) is 36.9 Å². The second-order valence-corrected chi connectivity index (χ2v) is 6.21. The van der Waals surface area contributed by atoms with Gasteiger partial charge >= 0.3 is 0 Å². The molecular weight excluding hydrogens is 330 g/mol. The van der Waals surface area contributed by atoms with Gasteiger partial charge in [-0.25, -0.2) is 0 Å². The van der Waals surface area contributed by atoms with Crippen molar-refractivity contribution in [3.05, 3.63) is 28.2 Å². The molecule has 0 radical (unpaired) electrons. The first kappa shape index (κ1) is 18.2. The van der Waals surface area contributed by atoms with E-state index in [1.54, 1.807) is 7.11 Å². The number of hydrogen-bond donors (Lipinski definition) is 0. The van der Waals surface area contributed by atoms with Gasteiger partial charge in [-0.05, 0) is 60.4 Å². The lowest BCUT2D eigenvalue weighted by Crippen LogP contribution is -2.37. The minimum atomic E-state index is 0.162. The van der Waals surface area contributed by atoms with Crippen LogP contribution in [0.4, 0.5) is 0 Å². The standard InChI is InChI=1S/C17H26BrNO2/c1-5-7-10-19(13(3)6-2)12-16(20)14-8-9-17(21-4)15(18)11-14/h8-9,11,13H,5-7,10,12H2,1-4H3. The summed E-state index contributed by atoms with van der Waals surface area (Å²) >= 11 is 3.44. The summed E-state index contributed by atoms with van der Waals surface area (Å²) in [7, 11) is 1.62. The molecule has 0 saturated carbocycles. The van der Waals surface area contributed by atoms with E-state index in [2.05, 4.69) is 41.6 Å². The van der Waals surface area contributed by atoms with E-state index in [1.807, 2.05) is 18.2 Å². The molecular formula is C17H26BrNO2. The van der Waals surface area contributed by atoms with Crippen molar-refractivity contribution in [1.29, 1.82) is 0 Å². The number of halogens is 1. The van der Waals surface area contributed by atoms with Gasteiger partial charge in [-0.1, -0.05) is 20.3 Å². The van der Waals surface area contributed by atoms with Gasteiger partial charge in [0.2, 0.25) is 0 Å². The zero-order valence-corrected chi connectivity index (χ0v) is 15.1. The highest BCUT2D eigenvalue weighted by Gasteiger charge is 2.17. The number of carbonyl (C=O) groups excluding carboxylic acids is 1.